The zero-order chi connectivity index (χ0) is 14.0. The molecule has 2 N–H and O–H groups in total. The number of ether oxygens (including phenoxy) is 1. The Kier molecular flexibility index (Phi) is 3.51. The number of carbonyl (C=O) groups is 1. The molecule has 0 unspecified atom stereocenters. The summed E-state index contributed by atoms with van der Waals surface area (Å²) in [6.07, 6.45) is 0. The van der Waals surface area contributed by atoms with Crippen molar-refractivity contribution in [2.24, 2.45) is 0 Å². The van der Waals surface area contributed by atoms with E-state index < -0.39 is 11.6 Å². The third kappa shape index (κ3) is 2.57. The highest BCUT2D eigenvalue weighted by molar-refractivity contribution is 6.09. The van der Waals surface area contributed by atoms with Gasteiger partial charge in [0.1, 0.15) is 11.6 Å². The van der Waals surface area contributed by atoms with E-state index in [0.29, 0.717) is 22.6 Å². The molecule has 0 amide bonds. The SMILES string of the molecule is COc1ccc(C(=O)c2cc(N)cc(C)c2F)cc1. The van der Waals surface area contributed by atoms with Crippen molar-refractivity contribution in [1.29, 1.82) is 0 Å². The molecule has 0 bridgehead atoms. The summed E-state index contributed by atoms with van der Waals surface area (Å²) in [7, 11) is 1.54. The molecule has 0 saturated carbocycles. The molecule has 2 aromatic rings. The van der Waals surface area contributed by atoms with Gasteiger partial charge in [-0.15, -0.1) is 0 Å². The average Bonchev–Trinajstić information content (AvgIpc) is 2.42. The molecule has 98 valence electrons. The number of methoxy groups -OCH3 is 1. The van der Waals surface area contributed by atoms with Gasteiger partial charge in [0, 0.05) is 11.3 Å². The number of rotatable bonds is 3. The molecule has 0 heterocycles. The number of nitrogen functional groups attached to an aromatic ring is 1. The molecule has 0 saturated heterocycles. The second-order valence-electron chi connectivity index (χ2n) is 4.26. The van der Waals surface area contributed by atoms with Crippen molar-refractivity contribution in [2.45, 2.75) is 6.92 Å². The Labute approximate surface area is 110 Å². The minimum absolute atomic E-state index is 0.0114. The number of anilines is 1. The van der Waals surface area contributed by atoms with Crippen molar-refractivity contribution in [3.8, 4) is 5.75 Å². The van der Waals surface area contributed by atoms with Gasteiger partial charge < -0.3 is 10.5 Å². The summed E-state index contributed by atoms with van der Waals surface area (Å²) in [4.78, 5) is 12.2. The van der Waals surface area contributed by atoms with Crippen molar-refractivity contribution < 1.29 is 13.9 Å². The molecular weight excluding hydrogens is 245 g/mol. The molecule has 0 atom stereocenters. The molecule has 0 aliphatic rings. The van der Waals surface area contributed by atoms with Crippen LogP contribution in [0, 0.1) is 12.7 Å². The summed E-state index contributed by atoms with van der Waals surface area (Å²) in [6, 6.07) is 9.36. The summed E-state index contributed by atoms with van der Waals surface area (Å²) < 4.78 is 19.0. The number of benzene rings is 2. The third-order valence-electron chi connectivity index (χ3n) is 2.87. The van der Waals surface area contributed by atoms with Gasteiger partial charge in [-0.05, 0) is 48.9 Å². The Morgan fingerprint density at radius 3 is 2.42 bits per heavy atom. The lowest BCUT2D eigenvalue weighted by Gasteiger charge is -2.07. The number of aryl methyl sites for hydroxylation is 1. The van der Waals surface area contributed by atoms with E-state index in [-0.39, 0.29) is 5.56 Å². The van der Waals surface area contributed by atoms with E-state index in [9.17, 15) is 9.18 Å². The summed E-state index contributed by atoms with van der Waals surface area (Å²) >= 11 is 0. The molecule has 0 aliphatic carbocycles. The van der Waals surface area contributed by atoms with Crippen LogP contribution in [-0.4, -0.2) is 12.9 Å². The van der Waals surface area contributed by atoms with Gasteiger partial charge in [0.25, 0.3) is 0 Å². The molecule has 0 fully saturated rings. The molecule has 3 nitrogen and oxygen atoms in total. The van der Waals surface area contributed by atoms with Crippen molar-refractivity contribution in [2.75, 3.05) is 12.8 Å². The first-order valence-electron chi connectivity index (χ1n) is 5.77. The fourth-order valence-corrected chi connectivity index (χ4v) is 1.86. The van der Waals surface area contributed by atoms with Gasteiger partial charge in [0.05, 0.1) is 12.7 Å². The topological polar surface area (TPSA) is 52.3 Å². The van der Waals surface area contributed by atoms with Crippen molar-refractivity contribution in [1.82, 2.24) is 0 Å². The average molecular weight is 259 g/mol. The van der Waals surface area contributed by atoms with Crippen LogP contribution in [0.1, 0.15) is 21.5 Å². The molecule has 0 aliphatic heterocycles. The Morgan fingerprint density at radius 2 is 1.84 bits per heavy atom. The normalized spacial score (nSPS) is 10.3. The first kappa shape index (κ1) is 13.1. The predicted octanol–water partition coefficient (Wildman–Crippen LogP) is 2.96. The summed E-state index contributed by atoms with van der Waals surface area (Å²) in [6.45, 7) is 1.58. The predicted molar refractivity (Wildman–Crippen MR) is 72.0 cm³/mol. The molecule has 4 heteroatoms. The zero-order valence-electron chi connectivity index (χ0n) is 10.7. The van der Waals surface area contributed by atoms with Crippen LogP contribution in [0.5, 0.6) is 5.75 Å². The Bertz CT molecular complexity index is 621. The summed E-state index contributed by atoms with van der Waals surface area (Å²) in [5.74, 6) is -0.286. The van der Waals surface area contributed by atoms with Gasteiger partial charge in [0.2, 0.25) is 0 Å². The third-order valence-corrected chi connectivity index (χ3v) is 2.87. The second kappa shape index (κ2) is 5.10. The summed E-state index contributed by atoms with van der Waals surface area (Å²) in [5, 5.41) is 0. The van der Waals surface area contributed by atoms with Crippen LogP contribution in [0.3, 0.4) is 0 Å². The van der Waals surface area contributed by atoms with Crippen molar-refractivity contribution in [3.63, 3.8) is 0 Å². The van der Waals surface area contributed by atoms with E-state index >= 15 is 0 Å². The molecule has 0 aromatic heterocycles. The van der Waals surface area contributed by atoms with Gasteiger partial charge in [-0.1, -0.05) is 0 Å². The van der Waals surface area contributed by atoms with Gasteiger partial charge in [0.15, 0.2) is 5.78 Å². The molecule has 0 radical (unpaired) electrons. The van der Waals surface area contributed by atoms with Crippen LogP contribution in [-0.2, 0) is 0 Å². The number of hydrogen-bond donors (Lipinski definition) is 1. The maximum atomic E-state index is 14.0. The van der Waals surface area contributed by atoms with Crippen LogP contribution >= 0.6 is 0 Å². The number of nitrogens with two attached hydrogens (primary N) is 1. The first-order chi connectivity index (χ1) is 9.02. The maximum absolute atomic E-state index is 14.0. The summed E-state index contributed by atoms with van der Waals surface area (Å²) in [5.41, 5.74) is 6.76. The smallest absolute Gasteiger partial charge is 0.196 e. The van der Waals surface area contributed by atoms with Crippen LogP contribution in [0.25, 0.3) is 0 Å². The first-order valence-corrected chi connectivity index (χ1v) is 5.77. The molecule has 2 rings (SSSR count). The number of ketones is 1. The molecular formula is C15H14FNO2. The highest BCUT2D eigenvalue weighted by Gasteiger charge is 2.16. The number of halogens is 1. The Hall–Kier alpha value is -2.36. The van der Waals surface area contributed by atoms with Gasteiger partial charge in [-0.25, -0.2) is 4.39 Å². The van der Waals surface area contributed by atoms with Gasteiger partial charge >= 0.3 is 0 Å². The van der Waals surface area contributed by atoms with E-state index in [1.54, 1.807) is 31.2 Å². The highest BCUT2D eigenvalue weighted by atomic mass is 19.1. The number of carbonyl (C=O) groups excluding carboxylic acids is 1. The minimum atomic E-state index is -0.532. The van der Waals surface area contributed by atoms with Crippen LogP contribution < -0.4 is 10.5 Å². The van der Waals surface area contributed by atoms with Crippen LogP contribution in [0.4, 0.5) is 10.1 Å². The lowest BCUT2D eigenvalue weighted by atomic mass is 10.00. The Balaban J connectivity index is 2.43. The second-order valence-corrected chi connectivity index (χ2v) is 4.26. The Morgan fingerprint density at radius 1 is 1.21 bits per heavy atom. The molecule has 19 heavy (non-hydrogen) atoms. The molecule has 0 spiro atoms. The monoisotopic (exact) mass is 259 g/mol. The lowest BCUT2D eigenvalue weighted by Crippen LogP contribution is -2.07. The van der Waals surface area contributed by atoms with Crippen LogP contribution in [0.2, 0.25) is 0 Å². The van der Waals surface area contributed by atoms with Crippen LogP contribution in [0.15, 0.2) is 36.4 Å². The fraction of sp³-hybridized carbons (Fsp3) is 0.133. The largest absolute Gasteiger partial charge is 0.497 e. The van der Waals surface area contributed by atoms with E-state index in [1.807, 2.05) is 0 Å². The maximum Gasteiger partial charge on any atom is 0.196 e. The minimum Gasteiger partial charge on any atom is -0.497 e. The van der Waals surface area contributed by atoms with Gasteiger partial charge in [-0.3, -0.25) is 4.79 Å². The van der Waals surface area contributed by atoms with E-state index in [4.69, 9.17) is 10.5 Å². The molecule has 2 aromatic carbocycles. The standard InChI is InChI=1S/C15H14FNO2/c1-9-7-11(17)8-13(14(9)16)15(18)10-3-5-12(19-2)6-4-10/h3-8H,17H2,1-2H3. The van der Waals surface area contributed by atoms with E-state index in [1.165, 1.54) is 19.2 Å². The lowest BCUT2D eigenvalue weighted by molar-refractivity contribution is 0.103. The van der Waals surface area contributed by atoms with E-state index in [0.717, 1.165) is 0 Å². The van der Waals surface area contributed by atoms with Crippen molar-refractivity contribution >= 4 is 11.5 Å². The van der Waals surface area contributed by atoms with Crippen molar-refractivity contribution in [3.05, 3.63) is 58.9 Å². The van der Waals surface area contributed by atoms with E-state index in [2.05, 4.69) is 0 Å². The van der Waals surface area contributed by atoms with Gasteiger partial charge in [-0.2, -0.15) is 0 Å². The quantitative estimate of drug-likeness (QED) is 0.681. The highest BCUT2D eigenvalue weighted by Crippen LogP contribution is 2.21. The number of hydrogen-bond acceptors (Lipinski definition) is 3. The fourth-order valence-electron chi connectivity index (χ4n) is 1.86. The zero-order valence-corrected chi connectivity index (χ0v) is 10.7.